The highest BCUT2D eigenvalue weighted by Crippen LogP contribution is 2.31. The number of fused-ring (bicyclic) bond motifs is 1. The predicted octanol–water partition coefficient (Wildman–Crippen LogP) is 4.71. The molecule has 7 nitrogen and oxygen atoms in total. The molecule has 1 aliphatic rings. The van der Waals surface area contributed by atoms with Crippen molar-refractivity contribution < 1.29 is 4.79 Å². The van der Waals surface area contributed by atoms with E-state index in [1.54, 1.807) is 11.3 Å². The van der Waals surface area contributed by atoms with E-state index < -0.39 is 0 Å². The molecule has 8 heteroatoms. The number of hydrogen-bond donors (Lipinski definition) is 2. The number of carbonyl (C=O) groups excluding carboxylic acids is 1. The molecule has 3 aromatic heterocycles. The van der Waals surface area contributed by atoms with E-state index in [-0.39, 0.29) is 11.8 Å². The molecule has 0 spiro atoms. The number of nitrogens with one attached hydrogen (secondary N) is 2. The van der Waals surface area contributed by atoms with Crippen LogP contribution < -0.4 is 5.32 Å². The summed E-state index contributed by atoms with van der Waals surface area (Å²) in [6.45, 7) is 7.41. The van der Waals surface area contributed by atoms with Crippen LogP contribution in [0.4, 0.5) is 10.8 Å². The molecule has 1 saturated heterocycles. The van der Waals surface area contributed by atoms with Crippen LogP contribution in [0.25, 0.3) is 10.9 Å². The normalized spacial score (nSPS) is 16.2. The second-order valence-electron chi connectivity index (χ2n) is 8.18. The Morgan fingerprint density at radius 1 is 1.23 bits per heavy atom. The average molecular weight is 433 g/mol. The van der Waals surface area contributed by atoms with Crippen molar-refractivity contribution in [2.75, 3.05) is 18.4 Å². The lowest BCUT2D eigenvalue weighted by Gasteiger charge is -2.16. The van der Waals surface area contributed by atoms with Crippen molar-refractivity contribution in [3.8, 4) is 0 Å². The van der Waals surface area contributed by atoms with Gasteiger partial charge in [0.1, 0.15) is 0 Å². The van der Waals surface area contributed by atoms with E-state index in [0.717, 1.165) is 45.1 Å². The Kier molecular flexibility index (Phi) is 4.94. The molecule has 31 heavy (non-hydrogen) atoms. The minimum atomic E-state index is -0.0244. The highest BCUT2D eigenvalue weighted by Gasteiger charge is 2.31. The molecule has 0 saturated carbocycles. The van der Waals surface area contributed by atoms with E-state index in [1.165, 1.54) is 4.88 Å². The van der Waals surface area contributed by atoms with Gasteiger partial charge in [-0.05, 0) is 51.5 Å². The monoisotopic (exact) mass is 432 g/mol. The molecule has 1 aromatic carbocycles. The van der Waals surface area contributed by atoms with Crippen LogP contribution in [-0.4, -0.2) is 44.1 Å². The summed E-state index contributed by atoms with van der Waals surface area (Å²) in [5, 5.41) is 12.4. The summed E-state index contributed by atoms with van der Waals surface area (Å²) in [5.74, 6) is 0.179. The lowest BCUT2D eigenvalue weighted by atomic mass is 10.0. The van der Waals surface area contributed by atoms with Gasteiger partial charge in [-0.3, -0.25) is 14.9 Å². The van der Waals surface area contributed by atoms with Gasteiger partial charge >= 0.3 is 0 Å². The first-order chi connectivity index (χ1) is 15.0. The lowest BCUT2D eigenvalue weighted by molar-refractivity contribution is 0.0786. The van der Waals surface area contributed by atoms with Crippen molar-refractivity contribution in [2.45, 2.75) is 33.1 Å². The quantitative estimate of drug-likeness (QED) is 0.488. The van der Waals surface area contributed by atoms with Gasteiger partial charge < -0.3 is 10.2 Å². The molecule has 4 heterocycles. The minimum absolute atomic E-state index is 0.0244. The van der Waals surface area contributed by atoms with Gasteiger partial charge in [-0.1, -0.05) is 11.6 Å². The fraction of sp³-hybridized carbons (Fsp3) is 0.304. The molecular weight excluding hydrogens is 408 g/mol. The number of aryl methyl sites for hydroxylation is 3. The molecule has 158 valence electrons. The molecule has 0 bridgehead atoms. The summed E-state index contributed by atoms with van der Waals surface area (Å²) in [6, 6.07) is 10.1. The Morgan fingerprint density at radius 2 is 2.10 bits per heavy atom. The van der Waals surface area contributed by atoms with Crippen molar-refractivity contribution in [2.24, 2.45) is 0 Å². The number of H-pyrrole nitrogens is 1. The summed E-state index contributed by atoms with van der Waals surface area (Å²) < 4.78 is 0. The second kappa shape index (κ2) is 7.77. The number of aromatic amines is 1. The highest BCUT2D eigenvalue weighted by molar-refractivity contribution is 7.15. The molecule has 1 unspecified atom stereocenters. The zero-order valence-corrected chi connectivity index (χ0v) is 18.6. The molecule has 1 atom stereocenters. The number of pyridine rings is 1. The largest absolute Gasteiger partial charge is 0.337 e. The molecule has 1 fully saturated rings. The maximum atomic E-state index is 13.2. The molecule has 5 rings (SSSR count). The molecule has 0 aliphatic carbocycles. The van der Waals surface area contributed by atoms with Crippen molar-refractivity contribution in [1.29, 1.82) is 0 Å². The summed E-state index contributed by atoms with van der Waals surface area (Å²) in [5.41, 5.74) is 5.44. The SMILES string of the molecule is Cc1ccc2[nH]nc(C(=O)N3CCC(c4cc(Nc5ncc(C)s5)cc(C)n4)C3)c2c1. The van der Waals surface area contributed by atoms with Gasteiger partial charge in [-0.25, -0.2) is 4.98 Å². The van der Waals surface area contributed by atoms with Gasteiger partial charge in [0.25, 0.3) is 5.91 Å². The van der Waals surface area contributed by atoms with Crippen LogP contribution in [0.1, 0.15) is 44.7 Å². The van der Waals surface area contributed by atoms with Crippen LogP contribution in [-0.2, 0) is 0 Å². The van der Waals surface area contributed by atoms with E-state index in [9.17, 15) is 4.79 Å². The molecule has 1 amide bonds. The molecule has 2 N–H and O–H groups in total. The number of rotatable bonds is 4. The standard InChI is InChI=1S/C23H24N6OS/c1-13-4-5-19-18(8-13)21(28-27-19)22(30)29-7-6-16(12-29)20-10-17(9-14(2)25-20)26-23-24-11-15(3)31-23/h4-5,8-11,16H,6-7,12H2,1-3H3,(H,27,28)(H,24,25,26). The van der Waals surface area contributed by atoms with E-state index in [2.05, 4.69) is 26.6 Å². The third-order valence-electron chi connectivity index (χ3n) is 5.66. The Balaban J connectivity index is 1.35. The van der Waals surface area contributed by atoms with Crippen LogP contribution in [0.5, 0.6) is 0 Å². The maximum Gasteiger partial charge on any atom is 0.275 e. The van der Waals surface area contributed by atoms with E-state index >= 15 is 0 Å². The Morgan fingerprint density at radius 3 is 2.90 bits per heavy atom. The van der Waals surface area contributed by atoms with Crippen molar-refractivity contribution in [1.82, 2.24) is 25.1 Å². The van der Waals surface area contributed by atoms with Crippen LogP contribution in [0.15, 0.2) is 36.5 Å². The first kappa shape index (κ1) is 19.7. The number of anilines is 2. The molecule has 4 aromatic rings. The van der Waals surface area contributed by atoms with E-state index in [0.29, 0.717) is 18.8 Å². The summed E-state index contributed by atoms with van der Waals surface area (Å²) in [4.78, 5) is 25.4. The van der Waals surface area contributed by atoms with Gasteiger partial charge in [0.15, 0.2) is 10.8 Å². The summed E-state index contributed by atoms with van der Waals surface area (Å²) >= 11 is 1.63. The second-order valence-corrected chi connectivity index (χ2v) is 9.42. The van der Waals surface area contributed by atoms with Crippen LogP contribution in [0.2, 0.25) is 0 Å². The number of benzene rings is 1. The zero-order chi connectivity index (χ0) is 21.5. The predicted molar refractivity (Wildman–Crippen MR) is 123 cm³/mol. The number of carbonyl (C=O) groups is 1. The van der Waals surface area contributed by atoms with E-state index in [1.807, 2.05) is 56.1 Å². The van der Waals surface area contributed by atoms with Crippen LogP contribution >= 0.6 is 11.3 Å². The summed E-state index contributed by atoms with van der Waals surface area (Å²) in [6.07, 6.45) is 2.75. The highest BCUT2D eigenvalue weighted by atomic mass is 32.1. The third-order valence-corrected chi connectivity index (χ3v) is 6.49. The van der Waals surface area contributed by atoms with Crippen LogP contribution in [0.3, 0.4) is 0 Å². The van der Waals surface area contributed by atoms with Crippen molar-refractivity contribution in [3.05, 3.63) is 64.1 Å². The zero-order valence-electron chi connectivity index (χ0n) is 17.8. The van der Waals surface area contributed by atoms with Gasteiger partial charge in [0, 0.05) is 52.5 Å². The first-order valence-corrected chi connectivity index (χ1v) is 11.2. The number of hydrogen-bond acceptors (Lipinski definition) is 6. The lowest BCUT2D eigenvalue weighted by Crippen LogP contribution is -2.29. The topological polar surface area (TPSA) is 86.8 Å². The number of aromatic nitrogens is 4. The minimum Gasteiger partial charge on any atom is -0.337 e. The average Bonchev–Trinajstić information content (AvgIpc) is 3.46. The number of likely N-dealkylation sites (tertiary alicyclic amines) is 1. The van der Waals surface area contributed by atoms with Gasteiger partial charge in [-0.2, -0.15) is 5.10 Å². The molecule has 0 radical (unpaired) electrons. The molecular formula is C23H24N6OS. The van der Waals surface area contributed by atoms with Crippen LogP contribution in [0, 0.1) is 20.8 Å². The Labute approximate surface area is 184 Å². The van der Waals surface area contributed by atoms with E-state index in [4.69, 9.17) is 4.98 Å². The van der Waals surface area contributed by atoms with Crippen molar-refractivity contribution in [3.63, 3.8) is 0 Å². The first-order valence-electron chi connectivity index (χ1n) is 10.4. The third kappa shape index (κ3) is 3.90. The fourth-order valence-electron chi connectivity index (χ4n) is 4.14. The Bertz CT molecular complexity index is 1280. The Hall–Kier alpha value is -3.26. The maximum absolute atomic E-state index is 13.2. The number of thiazole rings is 1. The van der Waals surface area contributed by atoms with Gasteiger partial charge in [0.2, 0.25) is 0 Å². The number of nitrogens with zero attached hydrogens (tertiary/aromatic N) is 4. The van der Waals surface area contributed by atoms with Crippen molar-refractivity contribution >= 4 is 39.0 Å². The van der Waals surface area contributed by atoms with Gasteiger partial charge in [0.05, 0.1) is 5.52 Å². The smallest absolute Gasteiger partial charge is 0.275 e. The van der Waals surface area contributed by atoms with Gasteiger partial charge in [-0.15, -0.1) is 11.3 Å². The summed E-state index contributed by atoms with van der Waals surface area (Å²) in [7, 11) is 0. The number of amides is 1. The fourth-order valence-corrected chi connectivity index (χ4v) is 4.82. The molecule has 1 aliphatic heterocycles.